The second-order valence-electron chi connectivity index (χ2n) is 3.85. The lowest BCUT2D eigenvalue weighted by atomic mass is 10.2. The van der Waals surface area contributed by atoms with Crippen molar-refractivity contribution in [3.05, 3.63) is 6.33 Å². The molecule has 3 heterocycles. The average molecular weight is 270 g/mol. The van der Waals surface area contributed by atoms with E-state index in [0.29, 0.717) is 5.17 Å². The van der Waals surface area contributed by atoms with Crippen molar-refractivity contribution in [1.82, 2.24) is 25.7 Å². The van der Waals surface area contributed by atoms with Gasteiger partial charge in [-0.05, 0) is 4.99 Å². The molecule has 3 atom stereocenters. The molecule has 2 aliphatic heterocycles. The van der Waals surface area contributed by atoms with Gasteiger partial charge in [-0.2, -0.15) is 14.9 Å². The van der Waals surface area contributed by atoms with Crippen LogP contribution in [0, 0.1) is 0 Å². The maximum Gasteiger partial charge on any atom is 0.303 e. The molecule has 101 valence electrons. The standard InChI is InChI=1S/C8H10N6O5/c15-4-7(17)14(12-18)19-8(4)13-2-11-3-5(13)9-1-10-6(3)16/h1-2,4,7-8,12,15,17-18H,(H,9,10,16)/q+1/t4-,7+,8-/m1/s1. The van der Waals surface area contributed by atoms with Gasteiger partial charge in [-0.3, -0.25) is 5.21 Å². The van der Waals surface area contributed by atoms with Gasteiger partial charge in [0.2, 0.25) is 0 Å². The number of aliphatic hydroxyl groups excluding tert-OH is 2. The van der Waals surface area contributed by atoms with Crippen molar-refractivity contribution >= 4 is 17.8 Å². The Morgan fingerprint density at radius 2 is 2.16 bits per heavy atom. The highest BCUT2D eigenvalue weighted by atomic mass is 16.8. The average Bonchev–Trinajstić information content (AvgIpc) is 2.94. The fourth-order valence-corrected chi connectivity index (χ4v) is 1.85. The Morgan fingerprint density at radius 3 is 2.84 bits per heavy atom. The summed E-state index contributed by atoms with van der Waals surface area (Å²) in [4.78, 5) is 17.7. The number of aromatic nitrogens is 2. The number of nitrogens with one attached hydrogen (secondary N) is 1. The van der Waals surface area contributed by atoms with Gasteiger partial charge in [0, 0.05) is 0 Å². The summed E-state index contributed by atoms with van der Waals surface area (Å²) in [6, 6.07) is 0. The fourth-order valence-electron chi connectivity index (χ4n) is 1.85. The van der Waals surface area contributed by atoms with Gasteiger partial charge in [0.25, 0.3) is 24.3 Å². The van der Waals surface area contributed by atoms with Crippen molar-refractivity contribution < 1.29 is 25.4 Å². The summed E-state index contributed by atoms with van der Waals surface area (Å²) in [5.74, 6) is -0.0996. The highest BCUT2D eigenvalue weighted by Crippen LogP contribution is 2.35. The Labute approximate surface area is 105 Å². The molecule has 1 fully saturated rings. The van der Waals surface area contributed by atoms with Gasteiger partial charge in [0.05, 0.1) is 0 Å². The van der Waals surface area contributed by atoms with Crippen LogP contribution in [0.3, 0.4) is 0 Å². The van der Waals surface area contributed by atoms with Crippen molar-refractivity contribution in [3.8, 4) is 5.88 Å². The number of aliphatic imine (C=N–C) groups is 1. The van der Waals surface area contributed by atoms with E-state index in [9.17, 15) is 15.3 Å². The number of aromatic hydroxyl groups is 1. The second kappa shape index (κ2) is 4.34. The van der Waals surface area contributed by atoms with E-state index in [0.717, 1.165) is 6.33 Å². The monoisotopic (exact) mass is 270 g/mol. The molecule has 0 amide bonds. The van der Waals surface area contributed by atoms with Crippen LogP contribution < -0.4 is 15.5 Å². The molecule has 11 nitrogen and oxygen atoms in total. The van der Waals surface area contributed by atoms with E-state index in [2.05, 4.69) is 15.0 Å². The van der Waals surface area contributed by atoms with E-state index < -0.39 is 18.6 Å². The van der Waals surface area contributed by atoms with E-state index in [1.54, 1.807) is 5.59 Å². The molecule has 3 rings (SSSR count). The zero-order valence-corrected chi connectivity index (χ0v) is 9.32. The van der Waals surface area contributed by atoms with Crippen LogP contribution in [0.15, 0.2) is 6.33 Å². The minimum absolute atomic E-state index is 0.128. The number of hydrazine groups is 1. The number of nitrogens with zero attached hydrogens (tertiary/aromatic N) is 5. The molecule has 1 aromatic heterocycles. The van der Waals surface area contributed by atoms with Gasteiger partial charge in [0.1, 0.15) is 6.33 Å². The first-order valence-electron chi connectivity index (χ1n) is 5.22. The van der Waals surface area contributed by atoms with Crippen molar-refractivity contribution in [1.29, 1.82) is 0 Å². The molecule has 0 bridgehead atoms. The fraction of sp³-hybridized carbons (Fsp3) is 0.375. The Bertz CT molecular complexity index is 526. The second-order valence-corrected chi connectivity index (χ2v) is 3.85. The Morgan fingerprint density at radius 1 is 1.37 bits per heavy atom. The number of fused-ring (bicyclic) bond motifs is 1. The largest absolute Gasteiger partial charge is 0.490 e. The predicted molar refractivity (Wildman–Crippen MR) is 57.7 cm³/mol. The maximum atomic E-state index is 9.84. The summed E-state index contributed by atoms with van der Waals surface area (Å²) in [5.41, 5.74) is 1.71. The van der Waals surface area contributed by atoms with Gasteiger partial charge < -0.3 is 15.3 Å². The van der Waals surface area contributed by atoms with E-state index >= 15 is 0 Å². The molecular formula is C8H10N6O5+. The lowest BCUT2D eigenvalue weighted by Gasteiger charge is -2.16. The molecule has 0 aliphatic carbocycles. The SMILES string of the molecule is ONN1O[C@@H](N2C=[N+]c3c(O)ncnc32)[C@H](O)[C@@H]1O. The van der Waals surface area contributed by atoms with Crippen LogP contribution in [0.1, 0.15) is 0 Å². The van der Waals surface area contributed by atoms with Crippen molar-refractivity contribution in [2.75, 3.05) is 4.90 Å². The molecule has 2 aliphatic rings. The van der Waals surface area contributed by atoms with Crippen molar-refractivity contribution in [2.24, 2.45) is 0 Å². The van der Waals surface area contributed by atoms with Gasteiger partial charge >= 0.3 is 5.69 Å². The minimum Gasteiger partial charge on any atom is -0.490 e. The summed E-state index contributed by atoms with van der Waals surface area (Å²) in [6.45, 7) is 0. The van der Waals surface area contributed by atoms with Crippen LogP contribution in [0.5, 0.6) is 5.88 Å². The van der Waals surface area contributed by atoms with E-state index in [4.69, 9.17) is 10.0 Å². The smallest absolute Gasteiger partial charge is 0.303 e. The molecule has 5 N–H and O–H groups in total. The third kappa shape index (κ3) is 1.73. The van der Waals surface area contributed by atoms with Crippen LogP contribution in [0.4, 0.5) is 11.5 Å². The first-order chi connectivity index (χ1) is 9.13. The zero-order valence-electron chi connectivity index (χ0n) is 9.32. The molecule has 11 heteroatoms. The number of aliphatic hydroxyl groups is 2. The van der Waals surface area contributed by atoms with Crippen LogP contribution in [0.25, 0.3) is 0 Å². The highest BCUT2D eigenvalue weighted by Gasteiger charge is 2.51. The lowest BCUT2D eigenvalue weighted by molar-refractivity contribution is -0.286. The molecule has 1 aromatic rings. The van der Waals surface area contributed by atoms with Gasteiger partial charge in [-0.15, -0.1) is 5.59 Å². The minimum atomic E-state index is -1.48. The summed E-state index contributed by atoms with van der Waals surface area (Å²) in [5, 5.41) is 38.2. The topological polar surface area (TPSA) is 149 Å². The van der Waals surface area contributed by atoms with Crippen LogP contribution in [0.2, 0.25) is 0 Å². The van der Waals surface area contributed by atoms with Crippen LogP contribution in [-0.2, 0) is 4.84 Å². The third-order valence-electron chi connectivity index (χ3n) is 2.77. The first-order valence-corrected chi connectivity index (χ1v) is 5.22. The molecular weight excluding hydrogens is 260 g/mol. The van der Waals surface area contributed by atoms with Crippen molar-refractivity contribution in [3.63, 3.8) is 0 Å². The number of anilines is 1. The Hall–Kier alpha value is -1.89. The molecule has 0 aromatic carbocycles. The summed E-state index contributed by atoms with van der Waals surface area (Å²) < 4.78 is 0. The number of hydrogen-bond donors (Lipinski definition) is 5. The normalized spacial score (nSPS) is 30.1. The predicted octanol–water partition coefficient (Wildman–Crippen LogP) is -2.86. The summed E-state index contributed by atoms with van der Waals surface area (Å²) >= 11 is 0. The molecule has 0 saturated carbocycles. The molecule has 1 saturated heterocycles. The number of rotatable bonds is 2. The van der Waals surface area contributed by atoms with Gasteiger partial charge in [-0.25, -0.2) is 4.84 Å². The quantitative estimate of drug-likeness (QED) is 0.355. The van der Waals surface area contributed by atoms with Crippen LogP contribution >= 0.6 is 0 Å². The molecule has 0 unspecified atom stereocenters. The summed E-state index contributed by atoms with van der Waals surface area (Å²) in [7, 11) is 0. The van der Waals surface area contributed by atoms with E-state index in [-0.39, 0.29) is 17.4 Å². The van der Waals surface area contributed by atoms with E-state index in [1.165, 1.54) is 11.2 Å². The number of hydrogen-bond acceptors (Lipinski definition) is 11. The third-order valence-corrected chi connectivity index (χ3v) is 2.77. The van der Waals surface area contributed by atoms with Crippen LogP contribution in [-0.4, -0.2) is 60.6 Å². The number of hydroxylamine groups is 1. The highest BCUT2D eigenvalue weighted by molar-refractivity contribution is 5.91. The molecule has 19 heavy (non-hydrogen) atoms. The van der Waals surface area contributed by atoms with Gasteiger partial charge in [-0.1, -0.05) is 5.17 Å². The Kier molecular flexibility index (Phi) is 2.78. The zero-order chi connectivity index (χ0) is 13.6. The van der Waals surface area contributed by atoms with E-state index in [1.807, 2.05) is 0 Å². The van der Waals surface area contributed by atoms with Crippen molar-refractivity contribution in [2.45, 2.75) is 18.6 Å². The first kappa shape index (κ1) is 12.2. The maximum absolute atomic E-state index is 9.84. The molecule has 1 radical (unpaired) electrons. The lowest BCUT2D eigenvalue weighted by Crippen LogP contribution is -2.44. The summed E-state index contributed by atoms with van der Waals surface area (Å²) in [6.07, 6.45) is -1.54. The Balaban J connectivity index is 1.91. The van der Waals surface area contributed by atoms with Gasteiger partial charge in [0.15, 0.2) is 12.3 Å². The molecule has 0 spiro atoms.